The van der Waals surface area contributed by atoms with Crippen LogP contribution in [0, 0.1) is 11.2 Å². The van der Waals surface area contributed by atoms with E-state index in [-0.39, 0.29) is 5.75 Å². The lowest BCUT2D eigenvalue weighted by atomic mass is 10.1. The van der Waals surface area contributed by atoms with Crippen LogP contribution in [0.25, 0.3) is 20.8 Å². The summed E-state index contributed by atoms with van der Waals surface area (Å²) in [6.07, 6.45) is 2.43. The smallest absolute Gasteiger partial charge is 0.128 e. The van der Waals surface area contributed by atoms with Gasteiger partial charge in [-0.15, -0.1) is 11.3 Å². The van der Waals surface area contributed by atoms with Crippen LogP contribution in [-0.4, -0.2) is 15.8 Å². The Morgan fingerprint density at radius 2 is 2.09 bits per heavy atom. The minimum absolute atomic E-state index is 0.0235. The molecular weight excluding hydrogens is 311 g/mol. The highest BCUT2D eigenvalue weighted by Gasteiger charge is 2.12. The molecule has 23 heavy (non-hydrogen) atoms. The lowest BCUT2D eigenvalue weighted by Crippen LogP contribution is -2.00. The maximum absolute atomic E-state index is 13.4. The number of rotatable bonds is 5. The summed E-state index contributed by atoms with van der Waals surface area (Å²) in [6, 6.07) is 9.78. The Bertz CT molecular complexity index is 873. The molecule has 3 nitrogen and oxygen atoms in total. The van der Waals surface area contributed by atoms with Crippen molar-refractivity contribution < 1.29 is 9.50 Å². The van der Waals surface area contributed by atoms with E-state index in [1.54, 1.807) is 0 Å². The highest BCUT2D eigenvalue weighted by atomic mass is 32.1. The number of aromatic hydroxyl groups is 1. The molecule has 2 aromatic carbocycles. The molecule has 0 aliphatic heterocycles. The van der Waals surface area contributed by atoms with Crippen molar-refractivity contribution in [3.63, 3.8) is 0 Å². The molecule has 0 atom stereocenters. The fraction of sp³-hybridized carbons (Fsp3) is 0.222. The first-order chi connectivity index (χ1) is 11.1. The number of halogens is 1. The largest absolute Gasteiger partial charge is 0.507 e. The zero-order valence-corrected chi connectivity index (χ0v) is 13.6. The molecule has 0 amide bonds. The Morgan fingerprint density at radius 3 is 2.87 bits per heavy atom. The topological polar surface area (TPSA) is 57.0 Å². The van der Waals surface area contributed by atoms with Crippen LogP contribution >= 0.6 is 11.3 Å². The number of benzene rings is 2. The van der Waals surface area contributed by atoms with E-state index >= 15 is 0 Å². The predicted molar refractivity (Wildman–Crippen MR) is 93.0 cm³/mol. The molecule has 2 N–H and O–H groups in total. The summed E-state index contributed by atoms with van der Waals surface area (Å²) in [5, 5.41) is 18.5. The number of thiazole rings is 1. The van der Waals surface area contributed by atoms with Gasteiger partial charge in [0, 0.05) is 12.1 Å². The normalized spacial score (nSPS) is 11.0. The average molecular weight is 328 g/mol. The van der Waals surface area contributed by atoms with Crippen LogP contribution in [0.5, 0.6) is 5.75 Å². The summed E-state index contributed by atoms with van der Waals surface area (Å²) in [4.78, 5) is 4.48. The van der Waals surface area contributed by atoms with E-state index in [0.29, 0.717) is 17.0 Å². The second kappa shape index (κ2) is 6.46. The standard InChI is InChI=1S/C18H17FN2OS/c1-2-3-13(20)8-11-4-6-15-17(9-11)23-18(21-15)14-10-12(19)5-7-16(14)22/h4-7,9-10,20,22H,2-3,8H2,1H3. The Hall–Kier alpha value is -2.27. The number of phenolic OH excluding ortho intramolecular Hbond substituents is 1. The van der Waals surface area contributed by atoms with Gasteiger partial charge in [-0.25, -0.2) is 9.37 Å². The van der Waals surface area contributed by atoms with E-state index in [0.717, 1.165) is 34.3 Å². The molecular formula is C18H17FN2OS. The monoisotopic (exact) mass is 328 g/mol. The SMILES string of the molecule is CCCC(=N)Cc1ccc2nc(-c3cc(F)ccc3O)sc2c1. The van der Waals surface area contributed by atoms with Gasteiger partial charge in [-0.3, -0.25) is 0 Å². The molecule has 0 unspecified atom stereocenters. The number of phenols is 1. The van der Waals surface area contributed by atoms with Gasteiger partial charge >= 0.3 is 0 Å². The summed E-state index contributed by atoms with van der Waals surface area (Å²) in [6.45, 7) is 2.07. The number of nitrogens with zero attached hydrogens (tertiary/aromatic N) is 1. The maximum atomic E-state index is 13.4. The number of fused-ring (bicyclic) bond motifs is 1. The molecule has 3 rings (SSSR count). The highest BCUT2D eigenvalue weighted by molar-refractivity contribution is 7.21. The number of nitrogens with one attached hydrogen (secondary N) is 1. The first kappa shape index (κ1) is 15.6. The van der Waals surface area contributed by atoms with Gasteiger partial charge in [0.05, 0.1) is 15.8 Å². The van der Waals surface area contributed by atoms with Gasteiger partial charge in [-0.05, 0) is 42.3 Å². The van der Waals surface area contributed by atoms with Crippen LogP contribution in [0.1, 0.15) is 25.3 Å². The lowest BCUT2D eigenvalue weighted by molar-refractivity contribution is 0.475. The Balaban J connectivity index is 1.96. The molecule has 0 saturated heterocycles. The van der Waals surface area contributed by atoms with E-state index < -0.39 is 5.82 Å². The third-order valence-electron chi connectivity index (χ3n) is 3.61. The summed E-state index contributed by atoms with van der Waals surface area (Å²) < 4.78 is 14.4. The molecule has 5 heteroatoms. The number of aromatic nitrogens is 1. The zero-order chi connectivity index (χ0) is 16.4. The molecule has 0 bridgehead atoms. The predicted octanol–water partition coefficient (Wildman–Crippen LogP) is 5.17. The number of hydrogen-bond acceptors (Lipinski definition) is 4. The summed E-state index contributed by atoms with van der Waals surface area (Å²) >= 11 is 1.42. The fourth-order valence-corrected chi connectivity index (χ4v) is 3.56. The van der Waals surface area contributed by atoms with Crippen molar-refractivity contribution >= 4 is 27.3 Å². The molecule has 0 aliphatic carbocycles. The van der Waals surface area contributed by atoms with E-state index in [4.69, 9.17) is 5.41 Å². The van der Waals surface area contributed by atoms with Crippen molar-refractivity contribution in [2.24, 2.45) is 0 Å². The lowest BCUT2D eigenvalue weighted by Gasteiger charge is -2.02. The van der Waals surface area contributed by atoms with Crippen molar-refractivity contribution in [2.75, 3.05) is 0 Å². The molecule has 118 valence electrons. The van der Waals surface area contributed by atoms with E-state index in [1.165, 1.54) is 29.5 Å². The van der Waals surface area contributed by atoms with E-state index in [9.17, 15) is 9.50 Å². The summed E-state index contributed by atoms with van der Waals surface area (Å²) in [7, 11) is 0. The highest BCUT2D eigenvalue weighted by Crippen LogP contribution is 2.35. The number of hydrogen-bond donors (Lipinski definition) is 2. The molecule has 3 aromatic rings. The quantitative estimate of drug-likeness (QED) is 0.635. The third-order valence-corrected chi connectivity index (χ3v) is 4.66. The second-order valence-corrected chi connectivity index (χ2v) is 6.54. The average Bonchev–Trinajstić information content (AvgIpc) is 2.93. The van der Waals surface area contributed by atoms with Gasteiger partial charge in [-0.1, -0.05) is 19.4 Å². The van der Waals surface area contributed by atoms with Crippen LogP contribution in [0.15, 0.2) is 36.4 Å². The van der Waals surface area contributed by atoms with Crippen LogP contribution < -0.4 is 0 Å². The van der Waals surface area contributed by atoms with Crippen molar-refractivity contribution in [3.8, 4) is 16.3 Å². The molecule has 0 spiro atoms. The van der Waals surface area contributed by atoms with Crippen LogP contribution in [0.4, 0.5) is 4.39 Å². The molecule has 1 aromatic heterocycles. The summed E-state index contributed by atoms with van der Waals surface area (Å²) in [5.74, 6) is -0.374. The Kier molecular flexibility index (Phi) is 4.39. The van der Waals surface area contributed by atoms with Gasteiger partial charge in [0.25, 0.3) is 0 Å². The van der Waals surface area contributed by atoms with Gasteiger partial charge in [-0.2, -0.15) is 0 Å². The minimum Gasteiger partial charge on any atom is -0.507 e. The summed E-state index contributed by atoms with van der Waals surface area (Å²) in [5.41, 5.74) is 3.03. The van der Waals surface area contributed by atoms with E-state index in [2.05, 4.69) is 11.9 Å². The molecule has 0 aliphatic rings. The van der Waals surface area contributed by atoms with Gasteiger partial charge in [0.15, 0.2) is 0 Å². The fourth-order valence-electron chi connectivity index (χ4n) is 2.51. The second-order valence-electron chi connectivity index (χ2n) is 5.51. The van der Waals surface area contributed by atoms with Crippen LogP contribution in [0.3, 0.4) is 0 Å². The Morgan fingerprint density at radius 1 is 1.26 bits per heavy atom. The van der Waals surface area contributed by atoms with E-state index in [1.807, 2.05) is 18.2 Å². The van der Waals surface area contributed by atoms with Crippen molar-refractivity contribution in [2.45, 2.75) is 26.2 Å². The third kappa shape index (κ3) is 3.40. The van der Waals surface area contributed by atoms with Crippen molar-refractivity contribution in [3.05, 3.63) is 47.8 Å². The maximum Gasteiger partial charge on any atom is 0.128 e. The van der Waals surface area contributed by atoms with Crippen LogP contribution in [0.2, 0.25) is 0 Å². The molecule has 1 heterocycles. The van der Waals surface area contributed by atoms with Crippen molar-refractivity contribution in [1.82, 2.24) is 4.98 Å². The van der Waals surface area contributed by atoms with Gasteiger partial charge in [0.2, 0.25) is 0 Å². The van der Waals surface area contributed by atoms with Crippen LogP contribution in [-0.2, 0) is 6.42 Å². The molecule has 0 radical (unpaired) electrons. The Labute approximate surface area is 138 Å². The van der Waals surface area contributed by atoms with Gasteiger partial charge < -0.3 is 10.5 Å². The first-order valence-electron chi connectivity index (χ1n) is 7.51. The first-order valence-corrected chi connectivity index (χ1v) is 8.33. The molecule has 0 fully saturated rings. The zero-order valence-electron chi connectivity index (χ0n) is 12.8. The minimum atomic E-state index is -0.397. The molecule has 0 saturated carbocycles. The van der Waals surface area contributed by atoms with Crippen molar-refractivity contribution in [1.29, 1.82) is 5.41 Å². The van der Waals surface area contributed by atoms with Gasteiger partial charge in [0.1, 0.15) is 16.6 Å².